The molecule has 3 aromatic rings. The molecule has 0 bridgehead atoms. The minimum atomic E-state index is -5.31. The molecule has 1 heterocycles. The molecule has 1 atom stereocenters. The quantitative estimate of drug-likeness (QED) is 0.486. The molecule has 1 unspecified atom stereocenters. The minimum absolute atomic E-state index is 0.0425. The number of aromatic amines is 1. The van der Waals surface area contributed by atoms with Gasteiger partial charge in [-0.25, -0.2) is 12.8 Å². The van der Waals surface area contributed by atoms with Crippen molar-refractivity contribution in [2.45, 2.75) is 23.3 Å². The number of nitrogens with one attached hydrogen (secondary N) is 2. The number of H-pyrrole nitrogens is 1. The van der Waals surface area contributed by atoms with Crippen molar-refractivity contribution in [3.8, 4) is 0 Å². The van der Waals surface area contributed by atoms with Crippen molar-refractivity contribution in [3.05, 3.63) is 64.6 Å². The molecule has 162 valence electrons. The lowest BCUT2D eigenvalue weighted by molar-refractivity contribution is -0.153. The highest BCUT2D eigenvalue weighted by atomic mass is 35.5. The minimum Gasteiger partial charge on any atom is -0.361 e. The molecule has 0 fully saturated rings. The Morgan fingerprint density at radius 1 is 1.00 bits per heavy atom. The van der Waals surface area contributed by atoms with Crippen molar-refractivity contribution < 1.29 is 39.2 Å². The van der Waals surface area contributed by atoms with Crippen LogP contribution in [0.1, 0.15) is 17.2 Å². The summed E-state index contributed by atoms with van der Waals surface area (Å²) in [5, 5.41) is -0.875. The molecule has 0 radical (unpaired) electrons. The fraction of sp³-hybridized carbons (Fsp3) is 0.176. The maximum absolute atomic E-state index is 13.7. The average molecular weight is 475 g/mol. The maximum atomic E-state index is 13.7. The summed E-state index contributed by atoms with van der Waals surface area (Å²) in [6, 6.07) is 1.69. The number of alkyl halides is 6. The predicted octanol–water partition coefficient (Wildman–Crippen LogP) is 5.56. The van der Waals surface area contributed by atoms with Crippen molar-refractivity contribution >= 4 is 32.5 Å². The van der Waals surface area contributed by atoms with Gasteiger partial charge >= 0.3 is 12.4 Å². The number of aromatic nitrogens is 1. The fourth-order valence-corrected chi connectivity index (χ4v) is 4.18. The van der Waals surface area contributed by atoms with Gasteiger partial charge in [-0.3, -0.25) is 0 Å². The smallest absolute Gasteiger partial charge is 0.361 e. The summed E-state index contributed by atoms with van der Waals surface area (Å²) in [6.07, 6.45) is -9.95. The summed E-state index contributed by atoms with van der Waals surface area (Å²) in [6.45, 7) is 0. The zero-order chi connectivity index (χ0) is 22.5. The van der Waals surface area contributed by atoms with E-state index in [9.17, 15) is 39.2 Å². The Bertz CT molecular complexity index is 1190. The molecule has 4 nitrogen and oxygen atoms in total. The number of hydrogen-bond acceptors (Lipinski definition) is 2. The van der Waals surface area contributed by atoms with Gasteiger partial charge in [-0.2, -0.15) is 31.1 Å². The van der Waals surface area contributed by atoms with E-state index in [1.165, 1.54) is 4.72 Å². The monoisotopic (exact) mass is 474 g/mol. The van der Waals surface area contributed by atoms with Gasteiger partial charge in [0.2, 0.25) is 10.0 Å². The summed E-state index contributed by atoms with van der Waals surface area (Å²) in [4.78, 5) is 1.55. The zero-order valence-electron chi connectivity index (χ0n) is 14.4. The lowest BCUT2D eigenvalue weighted by atomic mass is 10.0. The molecular formula is C17H10ClF7N2O2S. The van der Waals surface area contributed by atoms with E-state index in [4.69, 9.17) is 11.6 Å². The standard InChI is InChI=1S/C17H10ClF7N2O2S/c18-8-1-3-10(4-2-8)30(28,29)27-15(17(23,24)25)11-7-26-13-6-9(19)5-12(14(11)13)16(20,21)22/h1-7,15,26-27H. The van der Waals surface area contributed by atoms with Gasteiger partial charge in [-0.1, -0.05) is 11.6 Å². The van der Waals surface area contributed by atoms with Crippen LogP contribution in [-0.4, -0.2) is 19.6 Å². The van der Waals surface area contributed by atoms with Gasteiger partial charge in [0.1, 0.15) is 11.9 Å². The lowest BCUT2D eigenvalue weighted by Crippen LogP contribution is -2.38. The first-order valence-electron chi connectivity index (χ1n) is 7.92. The molecule has 1 aromatic heterocycles. The second-order valence-corrected chi connectivity index (χ2v) is 8.32. The molecule has 0 saturated heterocycles. The highest BCUT2D eigenvalue weighted by Crippen LogP contribution is 2.43. The first-order valence-corrected chi connectivity index (χ1v) is 9.78. The summed E-state index contributed by atoms with van der Waals surface area (Å²) in [5.41, 5.74) is -3.30. The van der Waals surface area contributed by atoms with E-state index in [2.05, 4.69) is 4.98 Å². The third-order valence-corrected chi connectivity index (χ3v) is 5.81. The SMILES string of the molecule is O=S(=O)(NC(c1c[nH]c2cc(F)cc(C(F)(F)F)c12)C(F)(F)F)c1ccc(Cl)cc1. The Kier molecular flexibility index (Phi) is 5.54. The van der Waals surface area contributed by atoms with E-state index in [0.29, 0.717) is 12.3 Å². The van der Waals surface area contributed by atoms with Crippen LogP contribution >= 0.6 is 11.6 Å². The topological polar surface area (TPSA) is 62.0 Å². The number of fused-ring (bicyclic) bond motifs is 1. The third-order valence-electron chi connectivity index (χ3n) is 4.12. The second-order valence-electron chi connectivity index (χ2n) is 6.17. The van der Waals surface area contributed by atoms with Crippen molar-refractivity contribution in [2.24, 2.45) is 0 Å². The van der Waals surface area contributed by atoms with Gasteiger partial charge in [0.05, 0.1) is 10.5 Å². The number of halogens is 8. The van der Waals surface area contributed by atoms with Gasteiger partial charge in [0.25, 0.3) is 0 Å². The first kappa shape index (κ1) is 22.4. The molecule has 0 aliphatic heterocycles. The summed E-state index contributed by atoms with van der Waals surface area (Å²) < 4.78 is 121. The lowest BCUT2D eigenvalue weighted by Gasteiger charge is -2.22. The molecule has 0 aliphatic rings. The molecule has 13 heteroatoms. The van der Waals surface area contributed by atoms with Crippen molar-refractivity contribution in [1.29, 1.82) is 0 Å². The van der Waals surface area contributed by atoms with Crippen LogP contribution in [0.15, 0.2) is 47.5 Å². The molecule has 0 saturated carbocycles. The Hall–Kier alpha value is -2.31. The van der Waals surface area contributed by atoms with Crippen LogP contribution in [0.2, 0.25) is 5.02 Å². The van der Waals surface area contributed by atoms with E-state index in [1.54, 1.807) is 0 Å². The fourth-order valence-electron chi connectivity index (χ4n) is 2.85. The Morgan fingerprint density at radius 3 is 2.13 bits per heavy atom. The molecule has 2 aromatic carbocycles. The molecule has 30 heavy (non-hydrogen) atoms. The Morgan fingerprint density at radius 2 is 1.60 bits per heavy atom. The number of rotatable bonds is 4. The van der Waals surface area contributed by atoms with Crippen LogP contribution < -0.4 is 4.72 Å². The van der Waals surface area contributed by atoms with Crippen molar-refractivity contribution in [3.63, 3.8) is 0 Å². The largest absolute Gasteiger partial charge is 0.417 e. The van der Waals surface area contributed by atoms with Crippen LogP contribution in [0.5, 0.6) is 0 Å². The van der Waals surface area contributed by atoms with E-state index in [1.807, 2.05) is 0 Å². The number of benzene rings is 2. The summed E-state index contributed by atoms with van der Waals surface area (Å²) in [7, 11) is -4.81. The predicted molar refractivity (Wildman–Crippen MR) is 93.8 cm³/mol. The molecule has 0 spiro atoms. The van der Waals surface area contributed by atoms with Gasteiger partial charge in [0, 0.05) is 27.7 Å². The highest BCUT2D eigenvalue weighted by molar-refractivity contribution is 7.89. The van der Waals surface area contributed by atoms with E-state index < -0.39 is 61.2 Å². The van der Waals surface area contributed by atoms with E-state index in [-0.39, 0.29) is 11.1 Å². The van der Waals surface area contributed by atoms with Crippen LogP contribution in [0.25, 0.3) is 10.9 Å². The number of sulfonamides is 1. The van der Waals surface area contributed by atoms with Crippen LogP contribution in [0.3, 0.4) is 0 Å². The molecule has 0 amide bonds. The van der Waals surface area contributed by atoms with E-state index in [0.717, 1.165) is 24.3 Å². The van der Waals surface area contributed by atoms with Crippen molar-refractivity contribution in [2.75, 3.05) is 0 Å². The Balaban J connectivity index is 2.19. The Labute approximate surface area is 169 Å². The molecule has 0 aliphatic carbocycles. The first-order chi connectivity index (χ1) is 13.7. The van der Waals surface area contributed by atoms with Crippen LogP contribution in [-0.2, 0) is 16.2 Å². The normalized spacial score (nSPS) is 14.3. The highest BCUT2D eigenvalue weighted by Gasteiger charge is 2.46. The van der Waals surface area contributed by atoms with E-state index >= 15 is 0 Å². The summed E-state index contributed by atoms with van der Waals surface area (Å²) in [5.74, 6) is -1.33. The number of hydrogen-bond donors (Lipinski definition) is 2. The van der Waals surface area contributed by atoms with Gasteiger partial charge in [0.15, 0.2) is 0 Å². The summed E-state index contributed by atoms with van der Waals surface area (Å²) >= 11 is 5.62. The van der Waals surface area contributed by atoms with Gasteiger partial charge < -0.3 is 4.98 Å². The van der Waals surface area contributed by atoms with Crippen molar-refractivity contribution in [1.82, 2.24) is 9.71 Å². The van der Waals surface area contributed by atoms with Crippen LogP contribution in [0, 0.1) is 5.82 Å². The molecule has 2 N–H and O–H groups in total. The second kappa shape index (κ2) is 7.43. The van der Waals surface area contributed by atoms with Gasteiger partial charge in [-0.05, 0) is 36.4 Å². The van der Waals surface area contributed by atoms with Gasteiger partial charge in [-0.15, -0.1) is 0 Å². The molecule has 3 rings (SSSR count). The third kappa shape index (κ3) is 4.40. The zero-order valence-corrected chi connectivity index (χ0v) is 15.9. The van der Waals surface area contributed by atoms with Crippen LogP contribution in [0.4, 0.5) is 30.7 Å². The molecular weight excluding hydrogens is 465 g/mol. The maximum Gasteiger partial charge on any atom is 0.417 e. The average Bonchev–Trinajstić information content (AvgIpc) is 3.00.